The van der Waals surface area contributed by atoms with E-state index in [4.69, 9.17) is 22.1 Å². The largest absolute Gasteiger partial charge is 0.394 e. The maximum absolute atomic E-state index is 11.2. The van der Waals surface area contributed by atoms with Gasteiger partial charge in [0.1, 0.15) is 0 Å². The zero-order valence-electron chi connectivity index (χ0n) is 15.6. The summed E-state index contributed by atoms with van der Waals surface area (Å²) in [4.78, 5) is 4.24. The molecule has 3 N–H and O–H groups in total. The van der Waals surface area contributed by atoms with Crippen LogP contribution >= 0.6 is 0 Å². The van der Waals surface area contributed by atoms with Gasteiger partial charge in [-0.05, 0) is 24.6 Å². The molecule has 0 aliphatic carbocycles. The summed E-state index contributed by atoms with van der Waals surface area (Å²) in [6.45, 7) is 3.96. The van der Waals surface area contributed by atoms with Crippen LogP contribution in [0.25, 0.3) is 0 Å². The van der Waals surface area contributed by atoms with Crippen LogP contribution in [0.2, 0.25) is 0 Å². The van der Waals surface area contributed by atoms with Gasteiger partial charge in [0.2, 0.25) is 0 Å². The SMILES string of the molecule is CCCCCCCCN1CN(C)c2cc(S(=O)(=O)O)ccc21.O=S(=O)(O)O. The monoisotopic (exact) mass is 424 g/mol. The fourth-order valence-corrected chi connectivity index (χ4v) is 3.42. The van der Waals surface area contributed by atoms with Gasteiger partial charge in [-0.1, -0.05) is 39.0 Å². The number of unbranched alkanes of at least 4 members (excludes halogenated alkanes) is 5. The van der Waals surface area contributed by atoms with E-state index in [1.165, 1.54) is 38.2 Å². The molecule has 1 aromatic rings. The van der Waals surface area contributed by atoms with Crippen molar-refractivity contribution in [2.45, 2.75) is 50.3 Å². The molecule has 0 amide bonds. The number of anilines is 2. The van der Waals surface area contributed by atoms with E-state index in [-0.39, 0.29) is 4.90 Å². The van der Waals surface area contributed by atoms with Crippen molar-refractivity contribution in [1.29, 1.82) is 0 Å². The third-order valence-corrected chi connectivity index (χ3v) is 5.01. The standard InChI is InChI=1S/C16H26N2O3S.H2O4S/c1-3-4-5-6-7-8-11-18-13-17(2)16-12-14(22(19,20)21)9-10-15(16)18;1-5(2,3)4/h9-10,12H,3-8,11,13H2,1-2H3,(H,19,20,21);(H2,1,2,3,4). The number of hydrogen-bond acceptors (Lipinski definition) is 6. The molecular formula is C16H28N2O7S2. The summed E-state index contributed by atoms with van der Waals surface area (Å²) < 4.78 is 63.2. The molecule has 1 aliphatic rings. The lowest BCUT2D eigenvalue weighted by Crippen LogP contribution is -2.28. The highest BCUT2D eigenvalue weighted by Gasteiger charge is 2.24. The van der Waals surface area contributed by atoms with Crippen LogP contribution < -0.4 is 9.80 Å². The van der Waals surface area contributed by atoms with Gasteiger partial charge in [0.05, 0.1) is 22.9 Å². The molecule has 11 heteroatoms. The molecule has 0 radical (unpaired) electrons. The van der Waals surface area contributed by atoms with Gasteiger partial charge in [0.25, 0.3) is 10.1 Å². The molecule has 1 aliphatic heterocycles. The van der Waals surface area contributed by atoms with E-state index in [9.17, 15) is 8.42 Å². The van der Waals surface area contributed by atoms with Crippen molar-refractivity contribution in [3.05, 3.63) is 18.2 Å². The second-order valence-electron chi connectivity index (χ2n) is 6.44. The van der Waals surface area contributed by atoms with Gasteiger partial charge in [-0.3, -0.25) is 13.7 Å². The highest BCUT2D eigenvalue weighted by molar-refractivity contribution is 7.85. The zero-order valence-corrected chi connectivity index (χ0v) is 17.2. The molecule has 0 unspecified atom stereocenters. The van der Waals surface area contributed by atoms with Crippen molar-refractivity contribution in [3.8, 4) is 0 Å². The molecule has 156 valence electrons. The molecule has 0 spiro atoms. The lowest BCUT2D eigenvalue weighted by atomic mass is 10.1. The first-order chi connectivity index (χ1) is 12.4. The predicted octanol–water partition coefficient (Wildman–Crippen LogP) is 2.85. The summed E-state index contributed by atoms with van der Waals surface area (Å²) in [6, 6.07) is 4.81. The average molecular weight is 425 g/mol. The number of rotatable bonds is 8. The summed E-state index contributed by atoms with van der Waals surface area (Å²) >= 11 is 0. The average Bonchev–Trinajstić information content (AvgIpc) is 2.84. The minimum atomic E-state index is -4.67. The summed E-state index contributed by atoms with van der Waals surface area (Å²) in [6.07, 6.45) is 7.56. The molecular weight excluding hydrogens is 396 g/mol. The Hall–Kier alpha value is -1.40. The molecule has 1 heterocycles. The van der Waals surface area contributed by atoms with Crippen LogP contribution in [0.1, 0.15) is 45.4 Å². The number of benzene rings is 1. The van der Waals surface area contributed by atoms with Crippen LogP contribution in [0.15, 0.2) is 23.1 Å². The van der Waals surface area contributed by atoms with Crippen LogP contribution in [0.4, 0.5) is 11.4 Å². The van der Waals surface area contributed by atoms with Crippen molar-refractivity contribution in [1.82, 2.24) is 0 Å². The summed E-state index contributed by atoms with van der Waals surface area (Å²) in [5.74, 6) is 0. The Bertz CT molecular complexity index is 802. The summed E-state index contributed by atoms with van der Waals surface area (Å²) in [5.41, 5.74) is 1.91. The van der Waals surface area contributed by atoms with Gasteiger partial charge in [-0.2, -0.15) is 16.8 Å². The Labute approximate surface area is 161 Å². The summed E-state index contributed by atoms with van der Waals surface area (Å²) in [7, 11) is -6.87. The van der Waals surface area contributed by atoms with Crippen LogP contribution in [0.5, 0.6) is 0 Å². The Balaban J connectivity index is 0.000000646. The van der Waals surface area contributed by atoms with E-state index in [2.05, 4.69) is 11.8 Å². The first-order valence-electron chi connectivity index (χ1n) is 8.71. The molecule has 0 fully saturated rings. The van der Waals surface area contributed by atoms with Crippen molar-refractivity contribution in [3.63, 3.8) is 0 Å². The smallest absolute Gasteiger partial charge is 0.355 e. The molecule has 0 saturated carbocycles. The van der Waals surface area contributed by atoms with Crippen molar-refractivity contribution in [2.24, 2.45) is 0 Å². The van der Waals surface area contributed by atoms with Gasteiger partial charge in [-0.25, -0.2) is 0 Å². The molecule has 1 aromatic carbocycles. The highest BCUT2D eigenvalue weighted by Crippen LogP contribution is 2.36. The normalized spacial score (nSPS) is 14.0. The molecule has 0 aromatic heterocycles. The lowest BCUT2D eigenvalue weighted by molar-refractivity contribution is 0.381. The molecule has 0 bridgehead atoms. The summed E-state index contributed by atoms with van der Waals surface area (Å²) in [5, 5.41) is 0. The van der Waals surface area contributed by atoms with E-state index in [1.807, 2.05) is 11.9 Å². The van der Waals surface area contributed by atoms with E-state index in [1.54, 1.807) is 12.1 Å². The third kappa shape index (κ3) is 8.89. The highest BCUT2D eigenvalue weighted by atomic mass is 32.3. The quantitative estimate of drug-likeness (QED) is 0.425. The van der Waals surface area contributed by atoms with Crippen LogP contribution in [0, 0.1) is 0 Å². The Kier molecular flexibility index (Phi) is 8.95. The van der Waals surface area contributed by atoms with Gasteiger partial charge in [0, 0.05) is 13.6 Å². The van der Waals surface area contributed by atoms with E-state index < -0.39 is 20.5 Å². The topological polar surface area (TPSA) is 135 Å². The minimum absolute atomic E-state index is 0.0421. The number of fused-ring (bicyclic) bond motifs is 1. The molecule has 0 atom stereocenters. The van der Waals surface area contributed by atoms with Gasteiger partial charge >= 0.3 is 10.4 Å². The fourth-order valence-electron chi connectivity index (χ4n) is 2.92. The number of hydrogen-bond donors (Lipinski definition) is 3. The van der Waals surface area contributed by atoms with Gasteiger partial charge < -0.3 is 9.80 Å². The van der Waals surface area contributed by atoms with Gasteiger partial charge in [-0.15, -0.1) is 0 Å². The molecule has 9 nitrogen and oxygen atoms in total. The first-order valence-corrected chi connectivity index (χ1v) is 11.5. The second-order valence-corrected chi connectivity index (χ2v) is 8.76. The van der Waals surface area contributed by atoms with Crippen molar-refractivity contribution in [2.75, 3.05) is 30.1 Å². The van der Waals surface area contributed by atoms with Crippen molar-refractivity contribution >= 4 is 31.9 Å². The maximum atomic E-state index is 11.2. The molecule has 0 saturated heterocycles. The second kappa shape index (κ2) is 10.2. The van der Waals surface area contributed by atoms with Gasteiger partial charge in [0.15, 0.2) is 0 Å². The molecule has 27 heavy (non-hydrogen) atoms. The van der Waals surface area contributed by atoms with Crippen LogP contribution in [-0.2, 0) is 20.5 Å². The Morgan fingerprint density at radius 1 is 0.926 bits per heavy atom. The van der Waals surface area contributed by atoms with Crippen LogP contribution in [-0.4, -0.2) is 50.8 Å². The Morgan fingerprint density at radius 2 is 1.48 bits per heavy atom. The third-order valence-electron chi connectivity index (χ3n) is 4.16. The molecule has 2 rings (SSSR count). The lowest BCUT2D eigenvalue weighted by Gasteiger charge is -2.19. The van der Waals surface area contributed by atoms with Crippen molar-refractivity contribution < 1.29 is 30.5 Å². The van der Waals surface area contributed by atoms with E-state index >= 15 is 0 Å². The van der Waals surface area contributed by atoms with E-state index in [0.29, 0.717) is 0 Å². The number of nitrogens with zero attached hydrogens (tertiary/aromatic N) is 2. The predicted molar refractivity (Wildman–Crippen MR) is 104 cm³/mol. The minimum Gasteiger partial charge on any atom is -0.355 e. The van der Waals surface area contributed by atoms with E-state index in [0.717, 1.165) is 31.0 Å². The maximum Gasteiger partial charge on any atom is 0.394 e. The fraction of sp³-hybridized carbons (Fsp3) is 0.625. The van der Waals surface area contributed by atoms with Crippen LogP contribution in [0.3, 0.4) is 0 Å². The Morgan fingerprint density at radius 3 is 2.04 bits per heavy atom. The first kappa shape index (κ1) is 23.6. The zero-order chi connectivity index (χ0) is 20.7.